The standard InChI is InChI=1S/C22H19ClN4O2/c1-26-13-11-24-19(26)18-22(16-4-2-3-5-17(16)25-21(22)29)10-12-27(18)20(28)14-6-8-15(23)9-7-14/h2-9,11,13,18H,10,12H2,1H3,(H,25,29)/t18-,22+/m0/s1. The molecule has 2 aliphatic rings. The van der Waals surface area contributed by atoms with Gasteiger partial charge in [-0.05, 0) is 42.3 Å². The number of rotatable bonds is 2. The lowest BCUT2D eigenvalue weighted by Crippen LogP contribution is -2.43. The molecule has 0 unspecified atom stereocenters. The summed E-state index contributed by atoms with van der Waals surface area (Å²) in [6, 6.07) is 14.0. The van der Waals surface area contributed by atoms with E-state index in [0.717, 1.165) is 11.3 Å². The first-order valence-electron chi connectivity index (χ1n) is 9.47. The molecule has 1 spiro atoms. The van der Waals surface area contributed by atoms with E-state index in [2.05, 4.69) is 10.3 Å². The zero-order chi connectivity index (χ0) is 20.2. The molecule has 6 nitrogen and oxygen atoms in total. The molecule has 2 atom stereocenters. The minimum atomic E-state index is -0.863. The maximum Gasteiger partial charge on any atom is 0.254 e. The second-order valence-corrected chi connectivity index (χ2v) is 7.96. The zero-order valence-electron chi connectivity index (χ0n) is 15.8. The molecular formula is C22H19ClN4O2. The van der Waals surface area contributed by atoms with Crippen molar-refractivity contribution in [3.8, 4) is 0 Å². The van der Waals surface area contributed by atoms with Crippen molar-refractivity contribution in [2.45, 2.75) is 17.9 Å². The van der Waals surface area contributed by atoms with Gasteiger partial charge in [-0.3, -0.25) is 9.59 Å². The fourth-order valence-corrected chi connectivity index (χ4v) is 4.79. The number of fused-ring (bicyclic) bond motifs is 2. The van der Waals surface area contributed by atoms with Crippen molar-refractivity contribution in [1.82, 2.24) is 14.5 Å². The molecule has 3 aromatic rings. The monoisotopic (exact) mass is 406 g/mol. The third-order valence-corrected chi connectivity index (χ3v) is 6.29. The van der Waals surface area contributed by atoms with Crippen LogP contribution in [-0.4, -0.2) is 32.8 Å². The summed E-state index contributed by atoms with van der Waals surface area (Å²) in [6.45, 7) is 0.459. The molecule has 1 aromatic heterocycles. The Kier molecular flexibility index (Phi) is 3.99. The fraction of sp³-hybridized carbons (Fsp3) is 0.227. The average molecular weight is 407 g/mol. The van der Waals surface area contributed by atoms with E-state index in [1.807, 2.05) is 42.1 Å². The Morgan fingerprint density at radius 2 is 1.97 bits per heavy atom. The number of halogens is 1. The molecule has 7 heteroatoms. The maximum absolute atomic E-state index is 13.4. The first-order valence-corrected chi connectivity index (χ1v) is 9.85. The highest BCUT2D eigenvalue weighted by atomic mass is 35.5. The summed E-state index contributed by atoms with van der Waals surface area (Å²) in [5.74, 6) is 0.471. The molecule has 0 saturated carbocycles. The van der Waals surface area contributed by atoms with Crippen LogP contribution in [0.15, 0.2) is 60.9 Å². The van der Waals surface area contributed by atoms with E-state index in [4.69, 9.17) is 11.6 Å². The highest BCUT2D eigenvalue weighted by molar-refractivity contribution is 6.30. The molecule has 29 heavy (non-hydrogen) atoms. The summed E-state index contributed by atoms with van der Waals surface area (Å²) >= 11 is 5.99. The predicted octanol–water partition coefficient (Wildman–Crippen LogP) is 3.55. The third-order valence-electron chi connectivity index (χ3n) is 6.04. The molecule has 0 bridgehead atoms. The number of imidazole rings is 1. The molecule has 146 valence electrons. The van der Waals surface area contributed by atoms with E-state index in [1.54, 1.807) is 35.4 Å². The normalized spacial score (nSPS) is 22.8. The van der Waals surface area contributed by atoms with Crippen molar-refractivity contribution in [1.29, 1.82) is 0 Å². The number of benzene rings is 2. The molecule has 1 fully saturated rings. The summed E-state index contributed by atoms with van der Waals surface area (Å²) < 4.78 is 1.88. The minimum Gasteiger partial charge on any atom is -0.336 e. The lowest BCUT2D eigenvalue weighted by Gasteiger charge is -2.33. The van der Waals surface area contributed by atoms with Gasteiger partial charge in [0.2, 0.25) is 5.91 Å². The van der Waals surface area contributed by atoms with Crippen molar-refractivity contribution in [2.24, 2.45) is 7.05 Å². The molecular weight excluding hydrogens is 388 g/mol. The van der Waals surface area contributed by atoms with E-state index in [0.29, 0.717) is 29.4 Å². The number of hydrogen-bond acceptors (Lipinski definition) is 3. The number of carbonyl (C=O) groups excluding carboxylic acids is 2. The van der Waals surface area contributed by atoms with Gasteiger partial charge in [0.1, 0.15) is 17.3 Å². The molecule has 1 N–H and O–H groups in total. The highest BCUT2D eigenvalue weighted by Crippen LogP contribution is 2.54. The van der Waals surface area contributed by atoms with Gasteiger partial charge in [0.15, 0.2) is 0 Å². The first kappa shape index (κ1) is 17.9. The number of nitrogens with one attached hydrogen (secondary N) is 1. The van der Waals surface area contributed by atoms with Crippen molar-refractivity contribution in [2.75, 3.05) is 11.9 Å². The first-order chi connectivity index (χ1) is 14.0. The Morgan fingerprint density at radius 1 is 1.21 bits per heavy atom. The van der Waals surface area contributed by atoms with E-state index in [9.17, 15) is 9.59 Å². The van der Waals surface area contributed by atoms with E-state index in [1.165, 1.54) is 0 Å². The van der Waals surface area contributed by atoms with Crippen LogP contribution in [0.2, 0.25) is 5.02 Å². The van der Waals surface area contributed by atoms with Crippen LogP contribution in [0.3, 0.4) is 0 Å². The largest absolute Gasteiger partial charge is 0.336 e. The van der Waals surface area contributed by atoms with Gasteiger partial charge in [0.25, 0.3) is 5.91 Å². The number of anilines is 1. The van der Waals surface area contributed by atoms with Crippen molar-refractivity contribution in [3.05, 3.63) is 82.9 Å². The van der Waals surface area contributed by atoms with Crippen molar-refractivity contribution < 1.29 is 9.59 Å². The topological polar surface area (TPSA) is 67.2 Å². The Morgan fingerprint density at radius 3 is 2.69 bits per heavy atom. The molecule has 2 aliphatic heterocycles. The van der Waals surface area contributed by atoms with Gasteiger partial charge in [0, 0.05) is 42.3 Å². The van der Waals surface area contributed by atoms with Crippen LogP contribution in [0.1, 0.15) is 34.2 Å². The number of hydrogen-bond donors (Lipinski definition) is 1. The van der Waals surface area contributed by atoms with Crippen LogP contribution < -0.4 is 5.32 Å². The van der Waals surface area contributed by atoms with Gasteiger partial charge >= 0.3 is 0 Å². The number of likely N-dealkylation sites (tertiary alicyclic amines) is 1. The van der Waals surface area contributed by atoms with Gasteiger partial charge in [0.05, 0.1) is 0 Å². The van der Waals surface area contributed by atoms with Gasteiger partial charge in [-0.2, -0.15) is 0 Å². The third kappa shape index (κ3) is 2.52. The van der Waals surface area contributed by atoms with E-state index in [-0.39, 0.29) is 11.8 Å². The number of para-hydroxylation sites is 1. The average Bonchev–Trinajstić information content (AvgIpc) is 3.39. The lowest BCUT2D eigenvalue weighted by atomic mass is 9.74. The molecule has 3 heterocycles. The molecule has 2 aromatic carbocycles. The Balaban J connectivity index is 1.67. The van der Waals surface area contributed by atoms with Crippen LogP contribution in [0.4, 0.5) is 5.69 Å². The van der Waals surface area contributed by atoms with Gasteiger partial charge < -0.3 is 14.8 Å². The molecule has 0 radical (unpaired) electrons. The zero-order valence-corrected chi connectivity index (χ0v) is 16.6. The smallest absolute Gasteiger partial charge is 0.254 e. The summed E-state index contributed by atoms with van der Waals surface area (Å²) in [7, 11) is 1.89. The Hall–Kier alpha value is -3.12. The van der Waals surface area contributed by atoms with Crippen LogP contribution in [0.25, 0.3) is 0 Å². The molecule has 2 amide bonds. The van der Waals surface area contributed by atoms with Crippen LogP contribution in [0.5, 0.6) is 0 Å². The minimum absolute atomic E-state index is 0.0851. The Labute approximate surface area is 173 Å². The number of carbonyl (C=O) groups is 2. The summed E-state index contributed by atoms with van der Waals surface area (Å²) in [4.78, 5) is 33.1. The summed E-state index contributed by atoms with van der Waals surface area (Å²) in [6.07, 6.45) is 4.07. The van der Waals surface area contributed by atoms with Crippen LogP contribution in [0, 0.1) is 0 Å². The lowest BCUT2D eigenvalue weighted by molar-refractivity contribution is -0.121. The van der Waals surface area contributed by atoms with Gasteiger partial charge in [-0.15, -0.1) is 0 Å². The van der Waals surface area contributed by atoms with Gasteiger partial charge in [-0.1, -0.05) is 29.8 Å². The quantitative estimate of drug-likeness (QED) is 0.707. The van der Waals surface area contributed by atoms with Crippen molar-refractivity contribution >= 4 is 29.1 Å². The molecule has 0 aliphatic carbocycles. The van der Waals surface area contributed by atoms with Crippen LogP contribution >= 0.6 is 11.6 Å². The number of nitrogens with zero attached hydrogens (tertiary/aromatic N) is 3. The second kappa shape index (κ2) is 6.46. The molecule has 5 rings (SSSR count). The fourth-order valence-electron chi connectivity index (χ4n) is 4.66. The van der Waals surface area contributed by atoms with Crippen LogP contribution in [-0.2, 0) is 17.3 Å². The van der Waals surface area contributed by atoms with Crippen molar-refractivity contribution in [3.63, 3.8) is 0 Å². The summed E-state index contributed by atoms with van der Waals surface area (Å²) in [5.41, 5.74) is 1.40. The predicted molar refractivity (Wildman–Crippen MR) is 110 cm³/mol. The van der Waals surface area contributed by atoms with E-state index >= 15 is 0 Å². The molecule has 1 saturated heterocycles. The highest BCUT2D eigenvalue weighted by Gasteiger charge is 2.60. The Bertz CT molecular complexity index is 1120. The number of amides is 2. The van der Waals surface area contributed by atoms with Gasteiger partial charge in [-0.25, -0.2) is 4.98 Å². The summed E-state index contributed by atoms with van der Waals surface area (Å²) in [5, 5.41) is 3.59. The second-order valence-electron chi connectivity index (χ2n) is 7.53. The SMILES string of the molecule is Cn1ccnc1[C@@H]1N(C(=O)c2ccc(Cl)cc2)CC[C@]12C(=O)Nc1ccccc12. The number of aromatic nitrogens is 2. The number of aryl methyl sites for hydroxylation is 1. The van der Waals surface area contributed by atoms with E-state index < -0.39 is 11.5 Å². The maximum atomic E-state index is 13.4.